The van der Waals surface area contributed by atoms with Crippen LogP contribution >= 0.6 is 31.9 Å². The minimum atomic E-state index is -0.287. The molecule has 0 spiro atoms. The maximum atomic E-state index is 10.8. The Hall–Kier alpha value is 0.920. The highest BCUT2D eigenvalue weighted by Gasteiger charge is 2.89. The lowest BCUT2D eigenvalue weighted by molar-refractivity contribution is -0.0538. The Kier molecular flexibility index (Phi) is 1.04. The molecule has 3 heteroatoms. The third-order valence-electron chi connectivity index (χ3n) is 6.31. The van der Waals surface area contributed by atoms with Crippen LogP contribution < -0.4 is 0 Å². The van der Waals surface area contributed by atoms with Crippen molar-refractivity contribution in [3.8, 4) is 0 Å². The number of hydrogen-bond acceptors (Lipinski definition) is 1. The van der Waals surface area contributed by atoms with Crippen molar-refractivity contribution in [1.29, 1.82) is 0 Å². The van der Waals surface area contributed by atoms with Crippen LogP contribution in [0.4, 0.5) is 0 Å². The van der Waals surface area contributed by atoms with Gasteiger partial charge in [0, 0.05) is 5.92 Å². The first kappa shape index (κ1) is 8.08. The van der Waals surface area contributed by atoms with Crippen LogP contribution in [0, 0.1) is 41.4 Å². The largest absolute Gasteiger partial charge is 0.389 e. The standard InChI is InChI=1S/C11H12Br2O/c12-11(13)8-4-1-3-5-2-10(14,7(3)8)9(11)6(4)5/h3-9,14H,1-2H2/t3-,4+,5+,6-,7-,8-,9-,10-/m1/s1. The van der Waals surface area contributed by atoms with E-state index in [2.05, 4.69) is 31.9 Å². The number of alkyl halides is 2. The van der Waals surface area contributed by atoms with Gasteiger partial charge in [-0.15, -0.1) is 0 Å². The average molecular weight is 320 g/mol. The van der Waals surface area contributed by atoms with Gasteiger partial charge in [-0.2, -0.15) is 0 Å². The lowest BCUT2D eigenvalue weighted by Crippen LogP contribution is -2.43. The lowest BCUT2D eigenvalue weighted by atomic mass is 9.69. The monoisotopic (exact) mass is 318 g/mol. The fourth-order valence-corrected chi connectivity index (χ4v) is 9.20. The summed E-state index contributed by atoms with van der Waals surface area (Å²) in [6, 6.07) is 0. The predicted octanol–water partition coefficient (Wildman–Crippen LogP) is 2.37. The van der Waals surface area contributed by atoms with Gasteiger partial charge >= 0.3 is 0 Å². The van der Waals surface area contributed by atoms with Crippen molar-refractivity contribution >= 4 is 31.9 Å². The molecule has 1 N–H and O–H groups in total. The van der Waals surface area contributed by atoms with Crippen LogP contribution in [-0.4, -0.2) is 13.9 Å². The molecule has 0 unspecified atom stereocenters. The summed E-state index contributed by atoms with van der Waals surface area (Å²) in [4.78, 5) is 0. The molecular weight excluding hydrogens is 308 g/mol. The van der Waals surface area contributed by atoms with E-state index in [1.807, 2.05) is 0 Å². The molecule has 0 aromatic carbocycles. The van der Waals surface area contributed by atoms with E-state index < -0.39 is 0 Å². The van der Waals surface area contributed by atoms with Gasteiger partial charge in [-0.1, -0.05) is 31.9 Å². The lowest BCUT2D eigenvalue weighted by Gasteiger charge is -2.38. The second-order valence-corrected chi connectivity index (χ2v) is 9.89. The Morgan fingerprint density at radius 2 is 1.86 bits per heavy atom. The Bertz CT molecular complexity index is 368. The molecule has 0 aromatic heterocycles. The molecule has 0 heterocycles. The predicted molar refractivity (Wildman–Crippen MR) is 59.2 cm³/mol. The third-order valence-corrected chi connectivity index (χ3v) is 8.36. The van der Waals surface area contributed by atoms with E-state index in [9.17, 15) is 5.11 Å². The number of hydrogen-bond donors (Lipinski definition) is 1. The molecule has 1 nitrogen and oxygen atoms in total. The quantitative estimate of drug-likeness (QED) is 0.680. The van der Waals surface area contributed by atoms with E-state index >= 15 is 0 Å². The van der Waals surface area contributed by atoms with Gasteiger partial charge in [0.2, 0.25) is 0 Å². The molecule has 6 fully saturated rings. The topological polar surface area (TPSA) is 20.2 Å². The molecule has 6 bridgehead atoms. The third kappa shape index (κ3) is 0.479. The summed E-state index contributed by atoms with van der Waals surface area (Å²) >= 11 is 7.77. The van der Waals surface area contributed by atoms with Crippen LogP contribution in [0.2, 0.25) is 0 Å². The van der Waals surface area contributed by atoms with Crippen molar-refractivity contribution in [3.63, 3.8) is 0 Å². The molecule has 8 atom stereocenters. The first-order valence-corrected chi connectivity index (χ1v) is 7.25. The minimum absolute atomic E-state index is 0.0920. The molecular formula is C11H12Br2O. The first-order valence-electron chi connectivity index (χ1n) is 5.67. The first-order chi connectivity index (χ1) is 6.57. The minimum Gasteiger partial charge on any atom is -0.389 e. The summed E-state index contributed by atoms with van der Waals surface area (Å²) in [6.07, 6.45) is 2.53. The number of rotatable bonds is 0. The van der Waals surface area contributed by atoms with Gasteiger partial charge in [0.1, 0.15) is 0 Å². The zero-order valence-corrected chi connectivity index (χ0v) is 10.8. The van der Waals surface area contributed by atoms with Gasteiger partial charge in [-0.25, -0.2) is 0 Å². The van der Waals surface area contributed by atoms with Gasteiger partial charge in [0.15, 0.2) is 0 Å². The van der Waals surface area contributed by atoms with E-state index in [1.165, 1.54) is 6.42 Å². The van der Waals surface area contributed by atoms with Crippen molar-refractivity contribution in [2.24, 2.45) is 41.4 Å². The molecule has 76 valence electrons. The summed E-state index contributed by atoms with van der Waals surface area (Å²) < 4.78 is 0.0920. The smallest absolute Gasteiger partial charge is 0.0898 e. The highest BCUT2D eigenvalue weighted by Crippen LogP contribution is 2.88. The van der Waals surface area contributed by atoms with Crippen LogP contribution in [0.5, 0.6) is 0 Å². The second kappa shape index (κ2) is 1.80. The van der Waals surface area contributed by atoms with E-state index in [4.69, 9.17) is 0 Å². The zero-order valence-electron chi connectivity index (χ0n) is 7.66. The summed E-state index contributed by atoms with van der Waals surface area (Å²) in [6.45, 7) is 0. The van der Waals surface area contributed by atoms with Gasteiger partial charge < -0.3 is 5.11 Å². The molecule has 0 aromatic rings. The van der Waals surface area contributed by atoms with E-state index in [0.717, 1.165) is 36.0 Å². The fourth-order valence-electron chi connectivity index (χ4n) is 6.55. The Morgan fingerprint density at radius 1 is 1.07 bits per heavy atom. The highest BCUT2D eigenvalue weighted by atomic mass is 79.9. The number of aliphatic hydroxyl groups is 1. The van der Waals surface area contributed by atoms with Crippen LogP contribution in [0.3, 0.4) is 0 Å². The van der Waals surface area contributed by atoms with Crippen LogP contribution in [-0.2, 0) is 0 Å². The molecule has 6 aliphatic carbocycles. The molecule has 0 amide bonds. The molecule has 6 rings (SSSR count). The molecule has 6 saturated carbocycles. The zero-order chi connectivity index (χ0) is 9.46. The van der Waals surface area contributed by atoms with Crippen molar-refractivity contribution < 1.29 is 5.11 Å². The van der Waals surface area contributed by atoms with Gasteiger partial charge in [0.05, 0.1) is 8.83 Å². The van der Waals surface area contributed by atoms with E-state index in [0.29, 0.717) is 11.8 Å². The van der Waals surface area contributed by atoms with Crippen molar-refractivity contribution in [3.05, 3.63) is 0 Å². The van der Waals surface area contributed by atoms with Crippen LogP contribution in [0.25, 0.3) is 0 Å². The SMILES string of the molecule is O[C@@]12C[C@H]3[C@H]4C[C@H]5[C@H]3[C@H]1C(Br)(Br)[C@H]5[C@@H]42. The Morgan fingerprint density at radius 3 is 2.57 bits per heavy atom. The Balaban J connectivity index is 1.89. The van der Waals surface area contributed by atoms with Crippen molar-refractivity contribution in [1.82, 2.24) is 0 Å². The fraction of sp³-hybridized carbons (Fsp3) is 1.00. The Labute approximate surface area is 99.9 Å². The molecule has 0 saturated heterocycles. The van der Waals surface area contributed by atoms with Gasteiger partial charge in [0.25, 0.3) is 0 Å². The maximum Gasteiger partial charge on any atom is 0.0898 e. The van der Waals surface area contributed by atoms with Gasteiger partial charge in [-0.05, 0) is 48.3 Å². The van der Waals surface area contributed by atoms with Gasteiger partial charge in [-0.3, -0.25) is 0 Å². The summed E-state index contributed by atoms with van der Waals surface area (Å²) in [5, 5.41) is 10.8. The molecule has 0 aliphatic heterocycles. The normalized spacial score (nSPS) is 78.6. The van der Waals surface area contributed by atoms with Crippen molar-refractivity contribution in [2.75, 3.05) is 0 Å². The van der Waals surface area contributed by atoms with Crippen molar-refractivity contribution in [2.45, 2.75) is 21.7 Å². The maximum absolute atomic E-state index is 10.8. The molecule has 14 heavy (non-hydrogen) atoms. The van der Waals surface area contributed by atoms with E-state index in [1.54, 1.807) is 0 Å². The highest BCUT2D eigenvalue weighted by molar-refractivity contribution is 9.25. The summed E-state index contributed by atoms with van der Waals surface area (Å²) in [7, 11) is 0. The summed E-state index contributed by atoms with van der Waals surface area (Å²) in [5.41, 5.74) is -0.287. The second-order valence-electron chi connectivity index (χ2n) is 6.20. The molecule has 6 aliphatic rings. The number of halogens is 2. The average Bonchev–Trinajstić information content (AvgIpc) is 2.70. The van der Waals surface area contributed by atoms with E-state index in [-0.39, 0.29) is 8.83 Å². The van der Waals surface area contributed by atoms with Crippen LogP contribution in [0.15, 0.2) is 0 Å². The molecule has 0 radical (unpaired) electrons. The summed E-state index contributed by atoms with van der Waals surface area (Å²) in [5.74, 6) is 5.41. The van der Waals surface area contributed by atoms with Crippen LogP contribution in [0.1, 0.15) is 12.8 Å².